The third kappa shape index (κ3) is 4.52. The summed E-state index contributed by atoms with van der Waals surface area (Å²) >= 11 is 1.51. The smallest absolute Gasteiger partial charge is 0.209 e. The second-order valence-corrected chi connectivity index (χ2v) is 5.41. The SMILES string of the molecule is C1CNCNC1.C=Nc1nc(-c2cccc(C)c2)cs1. The molecule has 106 valence electrons. The lowest BCUT2D eigenvalue weighted by Crippen LogP contribution is -2.37. The number of aryl methyl sites for hydroxylation is 1. The molecule has 20 heavy (non-hydrogen) atoms. The Labute approximate surface area is 124 Å². The molecule has 2 heterocycles. The van der Waals surface area contributed by atoms with E-state index in [0.29, 0.717) is 0 Å². The molecule has 1 aliphatic rings. The van der Waals surface area contributed by atoms with Crippen LogP contribution >= 0.6 is 11.3 Å². The number of nitrogens with one attached hydrogen (secondary N) is 2. The first-order valence-corrected chi connectivity index (χ1v) is 7.58. The largest absolute Gasteiger partial charge is 0.304 e. The van der Waals surface area contributed by atoms with Crippen molar-refractivity contribution in [3.05, 3.63) is 35.2 Å². The van der Waals surface area contributed by atoms with E-state index >= 15 is 0 Å². The minimum atomic E-state index is 0.724. The molecule has 5 heteroatoms. The molecule has 1 aromatic carbocycles. The Balaban J connectivity index is 0.000000205. The van der Waals surface area contributed by atoms with Gasteiger partial charge in [-0.15, -0.1) is 11.3 Å². The van der Waals surface area contributed by atoms with Crippen LogP contribution in [-0.2, 0) is 0 Å². The van der Waals surface area contributed by atoms with Crippen LogP contribution in [0, 0.1) is 6.92 Å². The molecule has 3 rings (SSSR count). The molecule has 2 N–H and O–H groups in total. The number of thiazole rings is 1. The number of rotatable bonds is 2. The lowest BCUT2D eigenvalue weighted by Gasteiger charge is -2.11. The third-order valence-electron chi connectivity index (χ3n) is 2.90. The molecule has 0 unspecified atom stereocenters. The van der Waals surface area contributed by atoms with Gasteiger partial charge in [0.1, 0.15) is 0 Å². The Morgan fingerprint density at radius 1 is 1.30 bits per heavy atom. The molecule has 1 aliphatic heterocycles. The number of hydrogen-bond acceptors (Lipinski definition) is 5. The van der Waals surface area contributed by atoms with Gasteiger partial charge in [0.05, 0.1) is 5.69 Å². The van der Waals surface area contributed by atoms with Gasteiger partial charge in [-0.3, -0.25) is 0 Å². The summed E-state index contributed by atoms with van der Waals surface area (Å²) in [6.07, 6.45) is 1.28. The van der Waals surface area contributed by atoms with Crippen molar-refractivity contribution in [2.75, 3.05) is 19.8 Å². The number of benzene rings is 1. The van der Waals surface area contributed by atoms with Crippen LogP contribution < -0.4 is 10.6 Å². The van der Waals surface area contributed by atoms with Gasteiger partial charge in [0.2, 0.25) is 5.13 Å². The van der Waals surface area contributed by atoms with Crippen LogP contribution in [0.15, 0.2) is 34.6 Å². The molecule has 0 amide bonds. The van der Waals surface area contributed by atoms with Gasteiger partial charge in [-0.25, -0.2) is 9.98 Å². The van der Waals surface area contributed by atoms with Gasteiger partial charge in [-0.2, -0.15) is 0 Å². The van der Waals surface area contributed by atoms with Crippen LogP contribution in [0.4, 0.5) is 5.13 Å². The lowest BCUT2D eigenvalue weighted by molar-refractivity contribution is 0.496. The number of nitrogens with zero attached hydrogens (tertiary/aromatic N) is 2. The second kappa shape index (κ2) is 7.89. The fourth-order valence-corrected chi connectivity index (χ4v) is 2.51. The summed E-state index contributed by atoms with van der Waals surface area (Å²) in [5.41, 5.74) is 3.35. The molecular formula is C15H20N4S. The predicted molar refractivity (Wildman–Crippen MR) is 87.0 cm³/mol. The van der Waals surface area contributed by atoms with Gasteiger partial charge < -0.3 is 10.6 Å². The highest BCUT2D eigenvalue weighted by atomic mass is 32.1. The first-order valence-electron chi connectivity index (χ1n) is 6.70. The minimum absolute atomic E-state index is 0.724. The van der Waals surface area contributed by atoms with E-state index in [9.17, 15) is 0 Å². The van der Waals surface area contributed by atoms with Gasteiger partial charge >= 0.3 is 0 Å². The van der Waals surface area contributed by atoms with E-state index in [1.54, 1.807) is 0 Å². The molecule has 0 spiro atoms. The van der Waals surface area contributed by atoms with Crippen LogP contribution in [0.1, 0.15) is 12.0 Å². The van der Waals surface area contributed by atoms with Gasteiger partial charge in [-0.1, -0.05) is 23.8 Å². The monoisotopic (exact) mass is 288 g/mol. The van der Waals surface area contributed by atoms with E-state index in [4.69, 9.17) is 0 Å². The highest BCUT2D eigenvalue weighted by Gasteiger charge is 2.02. The molecule has 4 nitrogen and oxygen atoms in total. The summed E-state index contributed by atoms with van der Waals surface area (Å²) in [7, 11) is 0. The van der Waals surface area contributed by atoms with Gasteiger partial charge in [0, 0.05) is 17.6 Å². The maximum absolute atomic E-state index is 4.33. The molecule has 0 aliphatic carbocycles. The van der Waals surface area contributed by atoms with Crippen molar-refractivity contribution < 1.29 is 0 Å². The van der Waals surface area contributed by atoms with Crippen LogP contribution in [0.3, 0.4) is 0 Å². The summed E-state index contributed by atoms with van der Waals surface area (Å²) in [6, 6.07) is 8.27. The van der Waals surface area contributed by atoms with E-state index < -0.39 is 0 Å². The molecule has 1 aromatic heterocycles. The zero-order valence-corrected chi connectivity index (χ0v) is 12.5. The van der Waals surface area contributed by atoms with Crippen molar-refractivity contribution in [1.82, 2.24) is 15.6 Å². The molecular weight excluding hydrogens is 268 g/mol. The summed E-state index contributed by atoms with van der Waals surface area (Å²) in [4.78, 5) is 8.13. The van der Waals surface area contributed by atoms with Gasteiger partial charge in [-0.05, 0) is 39.2 Å². The van der Waals surface area contributed by atoms with Crippen molar-refractivity contribution in [1.29, 1.82) is 0 Å². The fourth-order valence-electron chi connectivity index (χ4n) is 1.88. The number of aromatic nitrogens is 1. The molecule has 0 saturated carbocycles. The van der Waals surface area contributed by atoms with Gasteiger partial charge in [0.25, 0.3) is 0 Å². The van der Waals surface area contributed by atoms with Crippen LogP contribution in [0.2, 0.25) is 0 Å². The molecule has 2 aromatic rings. The summed E-state index contributed by atoms with van der Waals surface area (Å²) < 4.78 is 0. The Morgan fingerprint density at radius 2 is 2.10 bits per heavy atom. The fraction of sp³-hybridized carbons (Fsp3) is 0.333. The standard InChI is InChI=1S/C11H10N2S.C4H10N2/c1-8-4-3-5-9(6-8)10-7-14-11(12-2)13-10;1-2-5-4-6-3-1/h3-7H,2H2,1H3;5-6H,1-4H2. The van der Waals surface area contributed by atoms with E-state index in [-0.39, 0.29) is 0 Å². The zero-order chi connectivity index (χ0) is 14.2. The molecule has 1 fully saturated rings. The average molecular weight is 288 g/mol. The Hall–Kier alpha value is -1.56. The number of hydrogen-bond donors (Lipinski definition) is 2. The normalized spacial score (nSPS) is 14.2. The average Bonchev–Trinajstić information content (AvgIpc) is 2.99. The van der Waals surface area contributed by atoms with Crippen LogP contribution in [0.25, 0.3) is 11.3 Å². The van der Waals surface area contributed by atoms with Crippen LogP contribution in [-0.4, -0.2) is 31.5 Å². The van der Waals surface area contributed by atoms with Crippen LogP contribution in [0.5, 0.6) is 0 Å². The first kappa shape index (κ1) is 14.8. The zero-order valence-electron chi connectivity index (χ0n) is 11.7. The summed E-state index contributed by atoms with van der Waals surface area (Å²) in [5.74, 6) is 0. The first-order chi connectivity index (χ1) is 9.79. The Morgan fingerprint density at radius 3 is 2.60 bits per heavy atom. The Bertz CT molecular complexity index is 535. The minimum Gasteiger partial charge on any atom is -0.304 e. The van der Waals surface area contributed by atoms with Crippen molar-refractivity contribution in [3.8, 4) is 11.3 Å². The van der Waals surface area contributed by atoms with Crippen molar-refractivity contribution in [2.45, 2.75) is 13.3 Å². The van der Waals surface area contributed by atoms with Gasteiger partial charge in [0.15, 0.2) is 0 Å². The predicted octanol–water partition coefficient (Wildman–Crippen LogP) is 2.98. The van der Waals surface area contributed by atoms with E-state index in [1.165, 1.54) is 36.4 Å². The highest BCUT2D eigenvalue weighted by Crippen LogP contribution is 2.26. The van der Waals surface area contributed by atoms with Crippen molar-refractivity contribution >= 4 is 23.2 Å². The number of aliphatic imine (C=N–C) groups is 1. The highest BCUT2D eigenvalue weighted by molar-refractivity contribution is 7.13. The molecule has 0 radical (unpaired) electrons. The second-order valence-electron chi connectivity index (χ2n) is 4.57. The Kier molecular flexibility index (Phi) is 5.86. The summed E-state index contributed by atoms with van der Waals surface area (Å²) in [6.45, 7) is 8.90. The maximum atomic E-state index is 4.33. The van der Waals surface area contributed by atoms with E-state index in [0.717, 1.165) is 23.1 Å². The molecule has 1 saturated heterocycles. The maximum Gasteiger partial charge on any atom is 0.209 e. The quantitative estimate of drug-likeness (QED) is 0.835. The summed E-state index contributed by atoms with van der Waals surface area (Å²) in [5, 5.41) is 9.07. The molecule has 0 atom stereocenters. The van der Waals surface area contributed by atoms with E-state index in [2.05, 4.69) is 52.5 Å². The van der Waals surface area contributed by atoms with Crippen molar-refractivity contribution in [2.24, 2.45) is 4.99 Å². The van der Waals surface area contributed by atoms with Crippen molar-refractivity contribution in [3.63, 3.8) is 0 Å². The molecule has 0 bridgehead atoms. The topological polar surface area (TPSA) is 49.3 Å². The lowest BCUT2D eigenvalue weighted by atomic mass is 10.1. The van der Waals surface area contributed by atoms with E-state index in [1.807, 2.05) is 11.4 Å². The third-order valence-corrected chi connectivity index (χ3v) is 3.67.